The van der Waals surface area contributed by atoms with Gasteiger partial charge in [-0.25, -0.2) is 19.0 Å². The fourth-order valence-electron chi connectivity index (χ4n) is 2.63. The molecular weight excluding hydrogens is 369 g/mol. The van der Waals surface area contributed by atoms with E-state index in [1.165, 1.54) is 25.4 Å². The maximum atomic E-state index is 13.1. The van der Waals surface area contributed by atoms with Gasteiger partial charge < -0.3 is 14.6 Å². The molecule has 0 atom stereocenters. The van der Waals surface area contributed by atoms with Gasteiger partial charge in [0.2, 0.25) is 0 Å². The highest BCUT2D eigenvalue weighted by Crippen LogP contribution is 2.32. The Morgan fingerprint density at radius 2 is 1.86 bits per heavy atom. The molecule has 2 N–H and O–H groups in total. The molecule has 0 aliphatic carbocycles. The molecular formula is C19H16FN3O5. The molecule has 2 aromatic heterocycles. The number of amides is 1. The molecule has 1 aromatic carbocycles. The maximum absolute atomic E-state index is 13.1. The van der Waals surface area contributed by atoms with Crippen LogP contribution in [0.15, 0.2) is 36.5 Å². The van der Waals surface area contributed by atoms with Gasteiger partial charge in [0.15, 0.2) is 11.4 Å². The van der Waals surface area contributed by atoms with E-state index in [1.54, 1.807) is 18.2 Å². The molecule has 0 aliphatic heterocycles. The zero-order valence-corrected chi connectivity index (χ0v) is 15.0. The molecule has 0 bridgehead atoms. The summed E-state index contributed by atoms with van der Waals surface area (Å²) in [6.45, 7) is 0. The summed E-state index contributed by atoms with van der Waals surface area (Å²) in [5.74, 6) is -1.71. The van der Waals surface area contributed by atoms with Crippen LogP contribution in [0.4, 0.5) is 15.0 Å². The van der Waals surface area contributed by atoms with Crippen LogP contribution in [0.25, 0.3) is 10.9 Å². The molecule has 144 valence electrons. The van der Waals surface area contributed by atoms with Gasteiger partial charge in [0.25, 0.3) is 0 Å². The number of fused-ring (bicyclic) bond motifs is 1. The number of aromatic hydroxyl groups is 1. The van der Waals surface area contributed by atoms with Crippen LogP contribution >= 0.6 is 0 Å². The second-order valence-corrected chi connectivity index (χ2v) is 5.81. The minimum absolute atomic E-state index is 0.0199. The predicted octanol–water partition coefficient (Wildman–Crippen LogP) is 3.03. The number of aromatic nitrogens is 2. The van der Waals surface area contributed by atoms with Crippen LogP contribution in [-0.2, 0) is 15.9 Å². The number of hydrogen-bond donors (Lipinski definition) is 2. The van der Waals surface area contributed by atoms with E-state index in [-0.39, 0.29) is 22.8 Å². The normalized spacial score (nSPS) is 10.5. The van der Waals surface area contributed by atoms with Gasteiger partial charge in [-0.1, -0.05) is 12.1 Å². The highest BCUT2D eigenvalue weighted by Gasteiger charge is 2.22. The van der Waals surface area contributed by atoms with E-state index in [0.717, 1.165) is 18.2 Å². The van der Waals surface area contributed by atoms with Crippen LogP contribution in [0.3, 0.4) is 0 Å². The lowest BCUT2D eigenvalue weighted by Gasteiger charge is -2.12. The van der Waals surface area contributed by atoms with E-state index in [9.17, 15) is 19.1 Å². The molecule has 28 heavy (non-hydrogen) atoms. The van der Waals surface area contributed by atoms with Crippen LogP contribution in [0, 0.1) is 5.82 Å². The van der Waals surface area contributed by atoms with Gasteiger partial charge in [-0.05, 0) is 35.7 Å². The molecule has 0 unspecified atom stereocenters. The maximum Gasteiger partial charge on any atom is 0.412 e. The number of methoxy groups -OCH3 is 2. The number of carbonyl (C=O) groups excluding carboxylic acids is 2. The van der Waals surface area contributed by atoms with Crippen molar-refractivity contribution >= 4 is 28.8 Å². The largest absolute Gasteiger partial charge is 0.504 e. The lowest BCUT2D eigenvalue weighted by molar-refractivity contribution is 0.0590. The monoisotopic (exact) mass is 385 g/mol. The molecule has 9 heteroatoms. The van der Waals surface area contributed by atoms with Crippen molar-refractivity contribution in [2.75, 3.05) is 19.5 Å². The molecule has 8 nitrogen and oxygen atoms in total. The summed E-state index contributed by atoms with van der Waals surface area (Å²) < 4.78 is 22.3. The van der Waals surface area contributed by atoms with Gasteiger partial charge in [-0.15, -0.1) is 0 Å². The van der Waals surface area contributed by atoms with Crippen LogP contribution in [0.2, 0.25) is 0 Å². The fraction of sp³-hybridized carbons (Fsp3) is 0.158. The second-order valence-electron chi connectivity index (χ2n) is 5.81. The Balaban J connectivity index is 2.11. The lowest BCUT2D eigenvalue weighted by Crippen LogP contribution is -2.15. The Hall–Kier alpha value is -3.75. The van der Waals surface area contributed by atoms with Crippen LogP contribution < -0.4 is 5.32 Å². The number of nitrogens with zero attached hydrogens (tertiary/aromatic N) is 2. The van der Waals surface area contributed by atoms with Crippen molar-refractivity contribution < 1.29 is 28.6 Å². The first-order valence-corrected chi connectivity index (χ1v) is 8.12. The van der Waals surface area contributed by atoms with Crippen molar-refractivity contribution in [2.45, 2.75) is 6.42 Å². The number of rotatable bonds is 4. The number of ether oxygens (including phenoxy) is 2. The van der Waals surface area contributed by atoms with Crippen molar-refractivity contribution in [1.82, 2.24) is 9.97 Å². The summed E-state index contributed by atoms with van der Waals surface area (Å²) in [6, 6.07) is 7.64. The Kier molecular flexibility index (Phi) is 5.35. The van der Waals surface area contributed by atoms with Crippen molar-refractivity contribution in [3.8, 4) is 5.75 Å². The number of nitrogens with one attached hydrogen (secondary N) is 1. The summed E-state index contributed by atoms with van der Waals surface area (Å²) >= 11 is 0. The Morgan fingerprint density at radius 3 is 2.50 bits per heavy atom. The molecule has 0 saturated heterocycles. The molecule has 1 amide bonds. The first kappa shape index (κ1) is 19.0. The third-order valence-corrected chi connectivity index (χ3v) is 3.98. The van der Waals surface area contributed by atoms with Gasteiger partial charge in [0.05, 0.1) is 14.2 Å². The van der Waals surface area contributed by atoms with Gasteiger partial charge in [0, 0.05) is 11.6 Å². The third-order valence-electron chi connectivity index (χ3n) is 3.98. The average molecular weight is 385 g/mol. The Morgan fingerprint density at radius 1 is 1.14 bits per heavy atom. The summed E-state index contributed by atoms with van der Waals surface area (Å²) in [4.78, 5) is 31.7. The summed E-state index contributed by atoms with van der Waals surface area (Å²) in [6.07, 6.45) is 1.13. The highest BCUT2D eigenvalue weighted by atomic mass is 19.1. The summed E-state index contributed by atoms with van der Waals surface area (Å²) in [7, 11) is 2.32. The van der Waals surface area contributed by atoms with Gasteiger partial charge in [-0.2, -0.15) is 0 Å². The minimum atomic E-state index is -0.885. The molecule has 0 aliphatic rings. The number of halogens is 1. The molecule has 2 heterocycles. The molecule has 0 saturated carbocycles. The number of benzene rings is 1. The van der Waals surface area contributed by atoms with Crippen LogP contribution in [0.5, 0.6) is 5.75 Å². The quantitative estimate of drug-likeness (QED) is 0.664. The first-order valence-electron chi connectivity index (χ1n) is 8.12. The molecule has 3 rings (SSSR count). The van der Waals surface area contributed by atoms with E-state index in [2.05, 4.69) is 24.8 Å². The standard InChI is InChI=1S/C19H16FN3O5/c1-27-18(25)15-16(24)14-13(17(22-15)23-19(26)28-2)8-11(9-21-14)7-10-3-5-12(20)6-4-10/h3-6,8-9,24H,7H2,1-2H3,(H,22,23,26). The predicted molar refractivity (Wildman–Crippen MR) is 97.8 cm³/mol. The van der Waals surface area contributed by atoms with Crippen molar-refractivity contribution in [3.63, 3.8) is 0 Å². The summed E-state index contributed by atoms with van der Waals surface area (Å²) in [5.41, 5.74) is 1.23. The van der Waals surface area contributed by atoms with Gasteiger partial charge in [0.1, 0.15) is 17.2 Å². The van der Waals surface area contributed by atoms with Gasteiger partial charge in [-0.3, -0.25) is 10.3 Å². The number of anilines is 1. The number of esters is 1. The topological polar surface area (TPSA) is 111 Å². The van der Waals surface area contributed by atoms with E-state index in [4.69, 9.17) is 0 Å². The zero-order chi connectivity index (χ0) is 20.3. The van der Waals surface area contributed by atoms with Crippen LogP contribution in [0.1, 0.15) is 21.6 Å². The number of carbonyl (C=O) groups is 2. The molecule has 0 radical (unpaired) electrons. The highest BCUT2D eigenvalue weighted by molar-refractivity contribution is 6.04. The third kappa shape index (κ3) is 3.83. The Bertz CT molecular complexity index is 1050. The fourth-order valence-corrected chi connectivity index (χ4v) is 2.63. The number of pyridine rings is 2. The SMILES string of the molecule is COC(=O)Nc1nc(C(=O)OC)c(O)c2ncc(Cc3ccc(F)cc3)cc12. The van der Waals surface area contributed by atoms with E-state index >= 15 is 0 Å². The minimum Gasteiger partial charge on any atom is -0.504 e. The van der Waals surface area contributed by atoms with Gasteiger partial charge >= 0.3 is 12.1 Å². The van der Waals surface area contributed by atoms with Crippen molar-refractivity contribution in [2.24, 2.45) is 0 Å². The number of hydrogen-bond acceptors (Lipinski definition) is 7. The van der Waals surface area contributed by atoms with E-state index in [0.29, 0.717) is 11.8 Å². The van der Waals surface area contributed by atoms with Crippen LogP contribution in [-0.4, -0.2) is 41.4 Å². The van der Waals surface area contributed by atoms with E-state index in [1.807, 2.05) is 0 Å². The molecule has 0 spiro atoms. The zero-order valence-electron chi connectivity index (χ0n) is 15.0. The first-order chi connectivity index (χ1) is 13.4. The smallest absolute Gasteiger partial charge is 0.412 e. The molecule has 0 fully saturated rings. The average Bonchev–Trinajstić information content (AvgIpc) is 2.71. The van der Waals surface area contributed by atoms with Crippen molar-refractivity contribution in [1.29, 1.82) is 0 Å². The summed E-state index contributed by atoms with van der Waals surface area (Å²) in [5, 5.41) is 13.1. The lowest BCUT2D eigenvalue weighted by atomic mass is 10.0. The van der Waals surface area contributed by atoms with E-state index < -0.39 is 17.8 Å². The van der Waals surface area contributed by atoms with Crippen molar-refractivity contribution in [3.05, 3.63) is 59.2 Å². The Labute approximate surface area is 158 Å². The molecule has 3 aromatic rings. The second kappa shape index (κ2) is 7.87.